The summed E-state index contributed by atoms with van der Waals surface area (Å²) in [6.45, 7) is 6.27. The van der Waals surface area contributed by atoms with Crippen molar-refractivity contribution in [3.63, 3.8) is 0 Å². The van der Waals surface area contributed by atoms with Gasteiger partial charge in [-0.1, -0.05) is 5.21 Å². The number of nitrogens with zero attached hydrogens (tertiary/aromatic N) is 6. The molecule has 1 saturated heterocycles. The van der Waals surface area contributed by atoms with Gasteiger partial charge in [-0.05, 0) is 69.9 Å². The maximum atomic E-state index is 15.8. The SMILES string of the molecule is Cc1nnn(C)c1-c1cc2c(cc1F)c1ncc(C(C)(C)O)cc1n2C(c1ncccc1F)C1CCOCC1. The lowest BCUT2D eigenvalue weighted by Crippen LogP contribution is -2.28. The Morgan fingerprint density at radius 3 is 2.51 bits per heavy atom. The lowest BCUT2D eigenvalue weighted by atomic mass is 9.88. The first-order chi connectivity index (χ1) is 18.6. The summed E-state index contributed by atoms with van der Waals surface area (Å²) in [7, 11) is 1.72. The van der Waals surface area contributed by atoms with Gasteiger partial charge >= 0.3 is 0 Å². The molecule has 1 fully saturated rings. The number of ether oxygens (including phenoxy) is 1. The van der Waals surface area contributed by atoms with Crippen molar-refractivity contribution in [3.05, 3.63) is 71.3 Å². The highest BCUT2D eigenvalue weighted by molar-refractivity contribution is 6.07. The van der Waals surface area contributed by atoms with Gasteiger partial charge in [0.1, 0.15) is 11.6 Å². The zero-order chi connectivity index (χ0) is 27.5. The molecule has 5 heterocycles. The van der Waals surface area contributed by atoms with Crippen LogP contribution >= 0.6 is 0 Å². The number of aromatic nitrogens is 6. The van der Waals surface area contributed by atoms with Crippen molar-refractivity contribution in [2.45, 2.75) is 45.3 Å². The Morgan fingerprint density at radius 1 is 1.08 bits per heavy atom. The fourth-order valence-corrected chi connectivity index (χ4v) is 5.77. The van der Waals surface area contributed by atoms with Crippen LogP contribution in [0, 0.1) is 24.5 Å². The number of rotatable bonds is 5. The first kappa shape index (κ1) is 25.5. The average molecular weight is 533 g/mol. The molecule has 10 heteroatoms. The minimum Gasteiger partial charge on any atom is -0.386 e. The zero-order valence-corrected chi connectivity index (χ0v) is 22.3. The second-order valence-electron chi connectivity index (χ2n) is 10.8. The largest absolute Gasteiger partial charge is 0.386 e. The third-order valence-corrected chi connectivity index (χ3v) is 7.74. The van der Waals surface area contributed by atoms with Crippen molar-refractivity contribution >= 4 is 21.9 Å². The van der Waals surface area contributed by atoms with Crippen molar-refractivity contribution in [1.29, 1.82) is 0 Å². The highest BCUT2D eigenvalue weighted by Crippen LogP contribution is 2.42. The number of pyridine rings is 2. The Labute approximate surface area is 224 Å². The van der Waals surface area contributed by atoms with Crippen LogP contribution in [0.15, 0.2) is 42.7 Å². The summed E-state index contributed by atoms with van der Waals surface area (Å²) in [5, 5.41) is 19.6. The van der Waals surface area contributed by atoms with Gasteiger partial charge in [0.25, 0.3) is 0 Å². The second kappa shape index (κ2) is 9.46. The van der Waals surface area contributed by atoms with Crippen LogP contribution in [-0.4, -0.2) is 47.8 Å². The Balaban J connectivity index is 1.74. The van der Waals surface area contributed by atoms with E-state index in [2.05, 4.69) is 15.3 Å². The van der Waals surface area contributed by atoms with Crippen LogP contribution in [-0.2, 0) is 17.4 Å². The minimum absolute atomic E-state index is 0.00125. The molecule has 0 saturated carbocycles. The number of hydrogen-bond acceptors (Lipinski definition) is 6. The zero-order valence-electron chi connectivity index (χ0n) is 22.3. The lowest BCUT2D eigenvalue weighted by molar-refractivity contribution is 0.0542. The molecule has 0 amide bonds. The standard InChI is InChI=1S/C29H30F2N6O2/c1-16-27(36(4)35-34-16)19-14-23-20(13-22(19)31)25-24(12-18(15-33-25)29(2,3)38)37(23)28(17-7-10-39-11-8-17)26-21(30)6-5-9-32-26/h5-6,9,12-15,17,28,38H,7-8,10-11H2,1-4H3. The van der Waals surface area contributed by atoms with Gasteiger partial charge in [0.05, 0.1) is 45.3 Å². The average Bonchev–Trinajstić information content (AvgIpc) is 3.40. The van der Waals surface area contributed by atoms with Crippen molar-refractivity contribution in [2.24, 2.45) is 13.0 Å². The molecule has 1 aromatic carbocycles. The van der Waals surface area contributed by atoms with Crippen LogP contribution < -0.4 is 0 Å². The van der Waals surface area contributed by atoms with Gasteiger partial charge in [0, 0.05) is 49.2 Å². The number of aliphatic hydroxyl groups is 1. The van der Waals surface area contributed by atoms with E-state index >= 15 is 8.78 Å². The van der Waals surface area contributed by atoms with Crippen LogP contribution in [0.25, 0.3) is 33.2 Å². The van der Waals surface area contributed by atoms with Gasteiger partial charge < -0.3 is 14.4 Å². The van der Waals surface area contributed by atoms with Gasteiger partial charge in [0.2, 0.25) is 0 Å². The molecule has 8 nitrogen and oxygen atoms in total. The highest BCUT2D eigenvalue weighted by Gasteiger charge is 2.34. The molecular weight excluding hydrogens is 502 g/mol. The molecule has 1 unspecified atom stereocenters. The van der Waals surface area contributed by atoms with Gasteiger partial charge in [-0.2, -0.15) is 0 Å². The fourth-order valence-electron chi connectivity index (χ4n) is 5.77. The molecule has 0 aliphatic carbocycles. The van der Waals surface area contributed by atoms with Crippen LogP contribution in [0.5, 0.6) is 0 Å². The van der Waals surface area contributed by atoms with E-state index in [4.69, 9.17) is 9.72 Å². The smallest absolute Gasteiger partial charge is 0.146 e. The van der Waals surface area contributed by atoms with Crippen molar-refractivity contribution in [1.82, 2.24) is 29.5 Å². The van der Waals surface area contributed by atoms with E-state index in [1.165, 1.54) is 12.1 Å². The molecule has 0 radical (unpaired) electrons. The van der Waals surface area contributed by atoms with Crippen molar-refractivity contribution in [2.75, 3.05) is 13.2 Å². The summed E-state index contributed by atoms with van der Waals surface area (Å²) in [5.74, 6) is -0.846. The predicted octanol–water partition coefficient (Wildman–Crippen LogP) is 5.21. The summed E-state index contributed by atoms with van der Waals surface area (Å²) in [6, 6.07) is 7.59. The predicted molar refractivity (Wildman–Crippen MR) is 143 cm³/mol. The van der Waals surface area contributed by atoms with Gasteiger partial charge in [0.15, 0.2) is 0 Å². The first-order valence-electron chi connectivity index (χ1n) is 13.1. The van der Waals surface area contributed by atoms with E-state index < -0.39 is 23.3 Å². The van der Waals surface area contributed by atoms with Gasteiger partial charge in [-0.15, -0.1) is 5.10 Å². The molecule has 1 N–H and O–H groups in total. The summed E-state index contributed by atoms with van der Waals surface area (Å²) in [6.07, 6.45) is 4.62. The maximum absolute atomic E-state index is 15.8. The molecule has 1 aliphatic heterocycles. The highest BCUT2D eigenvalue weighted by atomic mass is 19.1. The molecule has 202 valence electrons. The van der Waals surface area contributed by atoms with Crippen LogP contribution in [0.4, 0.5) is 8.78 Å². The molecule has 5 aromatic rings. The third kappa shape index (κ3) is 4.28. The summed E-state index contributed by atoms with van der Waals surface area (Å²) < 4.78 is 40.5. The molecule has 1 aliphatic rings. The number of fused-ring (bicyclic) bond motifs is 3. The molecule has 4 aromatic heterocycles. The molecule has 0 bridgehead atoms. The van der Waals surface area contributed by atoms with Crippen LogP contribution in [0.3, 0.4) is 0 Å². The maximum Gasteiger partial charge on any atom is 0.146 e. The summed E-state index contributed by atoms with van der Waals surface area (Å²) in [5.41, 5.74) is 3.15. The molecular formula is C29H30F2N6O2. The third-order valence-electron chi connectivity index (χ3n) is 7.74. The lowest BCUT2D eigenvalue weighted by Gasteiger charge is -2.32. The van der Waals surface area contributed by atoms with Crippen molar-refractivity contribution in [3.8, 4) is 11.3 Å². The van der Waals surface area contributed by atoms with E-state index in [9.17, 15) is 5.11 Å². The van der Waals surface area contributed by atoms with E-state index in [0.29, 0.717) is 76.2 Å². The van der Waals surface area contributed by atoms with Crippen molar-refractivity contribution < 1.29 is 18.6 Å². The Morgan fingerprint density at radius 2 is 1.85 bits per heavy atom. The Bertz CT molecular complexity index is 1680. The monoisotopic (exact) mass is 532 g/mol. The number of benzene rings is 1. The Hall–Kier alpha value is -3.76. The first-order valence-corrected chi connectivity index (χ1v) is 13.1. The second-order valence-corrected chi connectivity index (χ2v) is 10.8. The van der Waals surface area contributed by atoms with E-state index in [1.54, 1.807) is 57.0 Å². The van der Waals surface area contributed by atoms with E-state index in [1.807, 2.05) is 10.6 Å². The summed E-state index contributed by atoms with van der Waals surface area (Å²) in [4.78, 5) is 9.20. The topological polar surface area (TPSA) is 90.9 Å². The van der Waals surface area contributed by atoms with Crippen LogP contribution in [0.2, 0.25) is 0 Å². The Kier molecular flexibility index (Phi) is 6.19. The van der Waals surface area contributed by atoms with Gasteiger partial charge in [-0.25, -0.2) is 13.5 Å². The molecule has 1 atom stereocenters. The number of hydrogen-bond donors (Lipinski definition) is 1. The normalized spacial score (nSPS) is 15.9. The summed E-state index contributed by atoms with van der Waals surface area (Å²) >= 11 is 0. The number of aryl methyl sites for hydroxylation is 2. The molecule has 39 heavy (non-hydrogen) atoms. The van der Waals surface area contributed by atoms with E-state index in [0.717, 1.165) is 0 Å². The molecule has 0 spiro atoms. The number of halogens is 2. The minimum atomic E-state index is -1.17. The van der Waals surface area contributed by atoms with E-state index in [-0.39, 0.29) is 5.92 Å². The quantitative estimate of drug-likeness (QED) is 0.334. The molecule has 6 rings (SSSR count). The van der Waals surface area contributed by atoms with Crippen LogP contribution in [0.1, 0.15) is 49.7 Å². The van der Waals surface area contributed by atoms with Gasteiger partial charge in [-0.3, -0.25) is 9.97 Å². The fraction of sp³-hybridized carbons (Fsp3) is 0.379.